The number of pyridine rings is 1. The van der Waals surface area contributed by atoms with Crippen molar-refractivity contribution >= 4 is 82.2 Å². The number of β-lactam (4-membered cyclic amide) rings is 1. The first-order chi connectivity index (χ1) is 20.5. The summed E-state index contributed by atoms with van der Waals surface area (Å²) in [7, 11) is 0. The number of fused-ring (bicyclic) bond motifs is 1. The number of hydrogen-bond donors (Lipinski definition) is 2. The zero-order chi connectivity index (χ0) is 31.3. The van der Waals surface area contributed by atoms with Crippen LogP contribution in [0.3, 0.4) is 0 Å². The minimum Gasteiger partial charge on any atom is -0.543 e. The van der Waals surface area contributed by atoms with Crippen molar-refractivity contribution in [2.24, 2.45) is 0 Å². The standard InChI is InChI=1S/C29H31Cl2N3O6S3/c1-3-4-9-33-16(2)10-20(12-19(33)6-8-24(36)37)41-13-17-14-43-28-25(27(38)34(28)26(17)29(39)40)32-23(35)15-42-22-11-18(30)5-7-21(22)31/h5,7,10-12,25,28H,3-4,6,8-9,13-15H2,1-2H3,(H2-,32,35,36,37,39,40)/t25-,28-/m1/s1. The molecular weight excluding hydrogens is 653 g/mol. The molecule has 0 aliphatic carbocycles. The Labute approximate surface area is 272 Å². The van der Waals surface area contributed by atoms with Crippen LogP contribution >= 0.6 is 58.5 Å². The van der Waals surface area contributed by atoms with Gasteiger partial charge in [0.2, 0.25) is 5.91 Å². The van der Waals surface area contributed by atoms with E-state index in [0.717, 1.165) is 35.7 Å². The Morgan fingerprint density at radius 2 is 1.98 bits per heavy atom. The zero-order valence-electron chi connectivity index (χ0n) is 23.6. The Bertz CT molecular complexity index is 1470. The Morgan fingerprint density at radius 1 is 1.21 bits per heavy atom. The van der Waals surface area contributed by atoms with Crippen molar-refractivity contribution in [3.8, 4) is 0 Å². The molecule has 14 heteroatoms. The maximum Gasteiger partial charge on any atom is 0.303 e. The molecule has 1 aromatic heterocycles. The second-order valence-electron chi connectivity index (χ2n) is 10.1. The summed E-state index contributed by atoms with van der Waals surface area (Å²) in [6, 6.07) is 8.07. The minimum absolute atomic E-state index is 0.00961. The van der Waals surface area contributed by atoms with E-state index in [1.54, 1.807) is 18.2 Å². The van der Waals surface area contributed by atoms with Gasteiger partial charge in [-0.05, 0) is 23.8 Å². The van der Waals surface area contributed by atoms with Crippen LogP contribution in [0.25, 0.3) is 0 Å². The van der Waals surface area contributed by atoms with Gasteiger partial charge in [0.1, 0.15) is 18.0 Å². The maximum absolute atomic E-state index is 13.0. The van der Waals surface area contributed by atoms with Crippen LogP contribution in [-0.2, 0) is 32.1 Å². The van der Waals surface area contributed by atoms with Gasteiger partial charge in [-0.15, -0.1) is 35.3 Å². The fourth-order valence-corrected chi connectivity index (χ4v) is 8.69. The number of aromatic nitrogens is 1. The van der Waals surface area contributed by atoms with Crippen molar-refractivity contribution in [3.05, 3.63) is 63.0 Å². The number of thioether (sulfide) groups is 3. The monoisotopic (exact) mass is 683 g/mol. The van der Waals surface area contributed by atoms with E-state index in [0.29, 0.717) is 38.4 Å². The Morgan fingerprint density at radius 3 is 2.67 bits per heavy atom. The molecule has 230 valence electrons. The molecule has 1 fully saturated rings. The smallest absolute Gasteiger partial charge is 0.303 e. The molecule has 2 amide bonds. The fourth-order valence-electron chi connectivity index (χ4n) is 4.86. The number of amides is 2. The van der Waals surface area contributed by atoms with Gasteiger partial charge < -0.3 is 20.3 Å². The molecule has 2 aliphatic heterocycles. The molecule has 0 spiro atoms. The summed E-state index contributed by atoms with van der Waals surface area (Å²) in [6.45, 7) is 4.87. The lowest BCUT2D eigenvalue weighted by molar-refractivity contribution is -0.710. The first kappa shape index (κ1) is 33.5. The first-order valence-corrected chi connectivity index (χ1v) is 17.4. The molecule has 2 atom stereocenters. The topological polar surface area (TPSA) is 131 Å². The minimum atomic E-state index is -1.44. The number of hydrogen-bond acceptors (Lipinski definition) is 8. The van der Waals surface area contributed by atoms with E-state index in [1.165, 1.54) is 40.2 Å². The highest BCUT2D eigenvalue weighted by Crippen LogP contribution is 2.41. The highest BCUT2D eigenvalue weighted by molar-refractivity contribution is 8.01. The number of unbranched alkanes of at least 4 members (excludes halogenated alkanes) is 1. The summed E-state index contributed by atoms with van der Waals surface area (Å²) < 4.78 is 2.14. The number of carboxylic acid groups (broad SMARTS) is 2. The van der Waals surface area contributed by atoms with Gasteiger partial charge in [-0.2, -0.15) is 4.57 Å². The second kappa shape index (κ2) is 15.1. The Kier molecular flexibility index (Phi) is 11.7. The van der Waals surface area contributed by atoms with Gasteiger partial charge >= 0.3 is 5.97 Å². The average molecular weight is 685 g/mol. The third kappa shape index (κ3) is 8.21. The van der Waals surface area contributed by atoms with Crippen LogP contribution in [0, 0.1) is 6.92 Å². The average Bonchev–Trinajstić information content (AvgIpc) is 2.96. The number of nitrogens with zero attached hydrogens (tertiary/aromatic N) is 2. The van der Waals surface area contributed by atoms with Crippen molar-refractivity contribution in [2.45, 2.75) is 67.3 Å². The number of rotatable bonds is 14. The quantitative estimate of drug-likeness (QED) is 0.174. The predicted octanol–water partition coefficient (Wildman–Crippen LogP) is 3.69. The van der Waals surface area contributed by atoms with Crippen LogP contribution < -0.4 is 15.0 Å². The molecule has 1 aromatic carbocycles. The summed E-state index contributed by atoms with van der Waals surface area (Å²) in [5, 5.41) is 24.6. The molecular formula is C29H31Cl2N3O6S3. The van der Waals surface area contributed by atoms with Gasteiger partial charge in [0.15, 0.2) is 11.4 Å². The molecule has 0 radical (unpaired) electrons. The Balaban J connectivity index is 1.43. The molecule has 2 N–H and O–H groups in total. The second-order valence-corrected chi connectivity index (χ2v) is 14.1. The zero-order valence-corrected chi connectivity index (χ0v) is 27.5. The number of carbonyl (C=O) groups is 4. The van der Waals surface area contributed by atoms with Gasteiger partial charge in [-0.3, -0.25) is 19.3 Å². The van der Waals surface area contributed by atoms with Crippen LogP contribution in [0.4, 0.5) is 0 Å². The van der Waals surface area contributed by atoms with Gasteiger partial charge in [-0.25, -0.2) is 0 Å². The summed E-state index contributed by atoms with van der Waals surface area (Å²) in [5.74, 6) is -2.50. The SMILES string of the molecule is CCCC[n+]1c(C)cc(SCC2=C(C(=O)[O-])N3C(=O)[C@@H](NC(=O)CSc4cc(Cl)ccc4Cl)[C@H]3SC2)cc1CCC(=O)O. The summed E-state index contributed by atoms with van der Waals surface area (Å²) in [4.78, 5) is 51.9. The third-order valence-corrected chi connectivity index (χ3v) is 11.1. The Hall–Kier alpha value is -2.38. The molecule has 0 bridgehead atoms. The van der Waals surface area contributed by atoms with Crippen molar-refractivity contribution < 1.29 is 34.0 Å². The van der Waals surface area contributed by atoms with Crippen LogP contribution in [0.2, 0.25) is 10.0 Å². The number of aliphatic carboxylic acids is 2. The molecule has 2 aliphatic rings. The highest BCUT2D eigenvalue weighted by atomic mass is 35.5. The van der Waals surface area contributed by atoms with Crippen LogP contribution in [-0.4, -0.2) is 62.4 Å². The lowest BCUT2D eigenvalue weighted by Gasteiger charge is -2.50. The van der Waals surface area contributed by atoms with E-state index in [1.807, 2.05) is 19.1 Å². The van der Waals surface area contributed by atoms with Crippen LogP contribution in [0.1, 0.15) is 37.6 Å². The molecule has 0 unspecified atom stereocenters. The predicted molar refractivity (Wildman–Crippen MR) is 167 cm³/mol. The molecule has 9 nitrogen and oxygen atoms in total. The molecule has 3 heterocycles. The van der Waals surface area contributed by atoms with E-state index in [2.05, 4.69) is 16.8 Å². The van der Waals surface area contributed by atoms with Crippen molar-refractivity contribution in [2.75, 3.05) is 17.3 Å². The van der Waals surface area contributed by atoms with Gasteiger partial charge in [-0.1, -0.05) is 36.5 Å². The molecule has 1 saturated heterocycles. The molecule has 4 rings (SSSR count). The third-order valence-electron chi connectivity index (χ3n) is 6.98. The van der Waals surface area contributed by atoms with Crippen LogP contribution in [0.5, 0.6) is 0 Å². The van der Waals surface area contributed by atoms with Gasteiger partial charge in [0, 0.05) is 58.2 Å². The highest BCUT2D eigenvalue weighted by Gasteiger charge is 2.52. The van der Waals surface area contributed by atoms with Crippen molar-refractivity contribution in [3.63, 3.8) is 0 Å². The fraction of sp³-hybridized carbons (Fsp3) is 0.414. The summed E-state index contributed by atoms with van der Waals surface area (Å²) >= 11 is 16.2. The molecule has 43 heavy (non-hydrogen) atoms. The number of nitrogens with one attached hydrogen (secondary N) is 1. The number of benzene rings is 1. The van der Waals surface area contributed by atoms with E-state index < -0.39 is 29.3 Å². The van der Waals surface area contributed by atoms with Crippen molar-refractivity contribution in [1.29, 1.82) is 0 Å². The maximum atomic E-state index is 13.0. The normalized spacial score (nSPS) is 17.9. The van der Waals surface area contributed by atoms with E-state index >= 15 is 0 Å². The molecule has 2 aromatic rings. The summed E-state index contributed by atoms with van der Waals surface area (Å²) in [6.07, 6.45) is 2.38. The number of carbonyl (C=O) groups excluding carboxylic acids is 3. The lowest BCUT2D eigenvalue weighted by Crippen LogP contribution is -2.71. The van der Waals surface area contributed by atoms with Crippen molar-refractivity contribution in [1.82, 2.24) is 10.2 Å². The number of carboxylic acids is 2. The van der Waals surface area contributed by atoms with Crippen LogP contribution in [0.15, 0.2) is 51.4 Å². The number of halogens is 2. The lowest BCUT2D eigenvalue weighted by atomic mass is 10.0. The summed E-state index contributed by atoms with van der Waals surface area (Å²) in [5.41, 5.74) is 2.32. The van der Waals surface area contributed by atoms with Gasteiger partial charge in [0.25, 0.3) is 5.91 Å². The number of aryl methyl sites for hydroxylation is 2. The van der Waals surface area contributed by atoms with E-state index in [9.17, 15) is 29.4 Å². The van der Waals surface area contributed by atoms with Gasteiger partial charge in [0.05, 0.1) is 28.9 Å². The van der Waals surface area contributed by atoms with E-state index in [-0.39, 0.29) is 23.8 Å². The molecule has 0 saturated carbocycles. The first-order valence-electron chi connectivity index (χ1n) is 13.6. The van der Waals surface area contributed by atoms with E-state index in [4.69, 9.17) is 23.2 Å². The largest absolute Gasteiger partial charge is 0.543 e.